The Bertz CT molecular complexity index is 1010. The number of carboxylic acid groups (broad SMARTS) is 1. The summed E-state index contributed by atoms with van der Waals surface area (Å²) in [6.07, 6.45) is 2.21. The van der Waals surface area contributed by atoms with Crippen LogP contribution in [0.5, 0.6) is 5.75 Å². The molecule has 3 rings (SSSR count). The zero-order chi connectivity index (χ0) is 18.0. The van der Waals surface area contributed by atoms with E-state index in [1.807, 2.05) is 13.0 Å². The minimum Gasteiger partial charge on any atom is -0.478 e. The van der Waals surface area contributed by atoms with E-state index >= 15 is 0 Å². The van der Waals surface area contributed by atoms with Gasteiger partial charge in [-0.15, -0.1) is 4.73 Å². The van der Waals surface area contributed by atoms with Crippen molar-refractivity contribution in [3.8, 4) is 17.0 Å². The molecule has 0 bridgehead atoms. The van der Waals surface area contributed by atoms with Crippen molar-refractivity contribution < 1.29 is 14.7 Å². The van der Waals surface area contributed by atoms with Crippen LogP contribution in [0.3, 0.4) is 0 Å². The van der Waals surface area contributed by atoms with Crippen LogP contribution in [0.1, 0.15) is 11.1 Å². The van der Waals surface area contributed by atoms with Crippen LogP contribution >= 0.6 is 11.6 Å². The predicted molar refractivity (Wildman–Crippen MR) is 96.2 cm³/mol. The van der Waals surface area contributed by atoms with Crippen LogP contribution in [-0.2, 0) is 4.79 Å². The van der Waals surface area contributed by atoms with Crippen molar-refractivity contribution in [3.63, 3.8) is 0 Å². The number of carbonyl (C=O) groups is 1. The zero-order valence-electron chi connectivity index (χ0n) is 13.3. The fourth-order valence-electron chi connectivity index (χ4n) is 2.50. The molecule has 0 spiro atoms. The summed E-state index contributed by atoms with van der Waals surface area (Å²) in [7, 11) is 0. The molecule has 0 unspecified atom stereocenters. The number of aromatic nitrogens is 1. The second kappa shape index (κ2) is 6.83. The van der Waals surface area contributed by atoms with E-state index in [1.165, 1.54) is 6.08 Å². The standard InChI is InChI=1S/C19H14ClNO4/c1-12-11-13(20)7-9-17(12)25-21-16-6-4-2-3-5-14(16)15(19(21)24)8-10-18(22)23/h2-11H,1H3,(H,22,23)/b10-8+. The average molecular weight is 356 g/mol. The van der Waals surface area contributed by atoms with Gasteiger partial charge in [0.15, 0.2) is 5.75 Å². The van der Waals surface area contributed by atoms with Crippen LogP contribution < -0.4 is 10.4 Å². The fourth-order valence-corrected chi connectivity index (χ4v) is 2.72. The summed E-state index contributed by atoms with van der Waals surface area (Å²) in [5.41, 5.74) is 1.72. The first-order valence-corrected chi connectivity index (χ1v) is 7.84. The Morgan fingerprint density at radius 1 is 1.20 bits per heavy atom. The van der Waals surface area contributed by atoms with E-state index in [2.05, 4.69) is 0 Å². The first-order valence-electron chi connectivity index (χ1n) is 7.46. The summed E-state index contributed by atoms with van der Waals surface area (Å²) < 4.78 is 1.16. The van der Waals surface area contributed by atoms with Crippen molar-refractivity contribution in [3.05, 3.63) is 81.1 Å². The molecular weight excluding hydrogens is 342 g/mol. The Hall–Kier alpha value is -3.05. The smallest absolute Gasteiger partial charge is 0.328 e. The van der Waals surface area contributed by atoms with Gasteiger partial charge in [0.25, 0.3) is 5.56 Å². The van der Waals surface area contributed by atoms with E-state index < -0.39 is 11.5 Å². The third kappa shape index (κ3) is 3.41. The van der Waals surface area contributed by atoms with Gasteiger partial charge in [-0.05, 0) is 42.8 Å². The molecule has 0 aromatic heterocycles. The molecule has 0 saturated heterocycles. The molecule has 1 aromatic rings. The Balaban J connectivity index is 2.17. The predicted octanol–water partition coefficient (Wildman–Crippen LogP) is 3.85. The topological polar surface area (TPSA) is 68.5 Å². The zero-order valence-corrected chi connectivity index (χ0v) is 14.0. The number of halogens is 1. The molecule has 25 heavy (non-hydrogen) atoms. The van der Waals surface area contributed by atoms with Crippen molar-refractivity contribution in [2.75, 3.05) is 0 Å². The van der Waals surface area contributed by atoms with Gasteiger partial charge in [-0.1, -0.05) is 35.9 Å². The van der Waals surface area contributed by atoms with Gasteiger partial charge in [0.2, 0.25) is 0 Å². The molecule has 0 saturated carbocycles. The van der Waals surface area contributed by atoms with E-state index in [4.69, 9.17) is 21.5 Å². The normalized spacial score (nSPS) is 11.1. The Morgan fingerprint density at radius 2 is 1.96 bits per heavy atom. The van der Waals surface area contributed by atoms with Gasteiger partial charge < -0.3 is 9.94 Å². The van der Waals surface area contributed by atoms with Gasteiger partial charge in [-0.3, -0.25) is 4.79 Å². The van der Waals surface area contributed by atoms with Crippen LogP contribution in [0.15, 0.2) is 59.4 Å². The second-order valence-electron chi connectivity index (χ2n) is 5.40. The first-order chi connectivity index (χ1) is 12.0. The lowest BCUT2D eigenvalue weighted by atomic mass is 10.1. The molecular formula is C19H14ClNO4. The van der Waals surface area contributed by atoms with E-state index in [9.17, 15) is 9.59 Å². The number of hydrogen-bond donors (Lipinski definition) is 1. The highest BCUT2D eigenvalue weighted by Crippen LogP contribution is 2.27. The van der Waals surface area contributed by atoms with E-state index in [0.29, 0.717) is 22.0 Å². The number of aryl methyl sites for hydroxylation is 1. The molecule has 2 aliphatic rings. The number of rotatable bonds is 4. The van der Waals surface area contributed by atoms with E-state index in [0.717, 1.165) is 16.4 Å². The van der Waals surface area contributed by atoms with Crippen LogP contribution in [0, 0.1) is 6.92 Å². The number of nitrogens with zero attached hydrogens (tertiary/aromatic N) is 1. The van der Waals surface area contributed by atoms with Gasteiger partial charge in [-0.2, -0.15) is 0 Å². The summed E-state index contributed by atoms with van der Waals surface area (Å²) in [6, 6.07) is 13.9. The Labute approximate surface area is 148 Å². The van der Waals surface area contributed by atoms with Gasteiger partial charge in [0.05, 0.1) is 11.3 Å². The quantitative estimate of drug-likeness (QED) is 0.722. The number of hydrogen-bond acceptors (Lipinski definition) is 3. The van der Waals surface area contributed by atoms with Gasteiger partial charge in [-0.25, -0.2) is 4.79 Å². The molecule has 6 heteroatoms. The lowest BCUT2D eigenvalue weighted by Gasteiger charge is -2.10. The molecule has 0 radical (unpaired) electrons. The Morgan fingerprint density at radius 3 is 2.68 bits per heavy atom. The lowest BCUT2D eigenvalue weighted by Crippen LogP contribution is -2.21. The second-order valence-corrected chi connectivity index (χ2v) is 5.83. The summed E-state index contributed by atoms with van der Waals surface area (Å²) in [6.45, 7) is 1.82. The molecule has 1 aromatic carbocycles. The molecule has 1 N–H and O–H groups in total. The van der Waals surface area contributed by atoms with Crippen molar-refractivity contribution >= 4 is 23.6 Å². The highest BCUT2D eigenvalue weighted by atomic mass is 35.5. The molecule has 5 nitrogen and oxygen atoms in total. The summed E-state index contributed by atoms with van der Waals surface area (Å²) in [5, 5.41) is 9.42. The molecule has 0 fully saturated rings. The van der Waals surface area contributed by atoms with Crippen LogP contribution in [0.2, 0.25) is 5.02 Å². The minimum atomic E-state index is -1.13. The molecule has 0 amide bonds. The highest BCUT2D eigenvalue weighted by Gasteiger charge is 2.20. The number of aliphatic carboxylic acids is 1. The molecule has 126 valence electrons. The third-order valence-electron chi connectivity index (χ3n) is 3.66. The third-order valence-corrected chi connectivity index (χ3v) is 3.89. The summed E-state index contributed by atoms with van der Waals surface area (Å²) >= 11 is 5.95. The largest absolute Gasteiger partial charge is 0.478 e. The maximum absolute atomic E-state index is 12.8. The minimum absolute atomic E-state index is 0.250. The average Bonchev–Trinajstić information content (AvgIpc) is 2.70. The molecule has 1 aliphatic heterocycles. The SMILES string of the molecule is Cc1cc(Cl)ccc1On1c2cccccc-2c(/C=C/C(=O)O)c1=O. The maximum atomic E-state index is 12.8. The summed E-state index contributed by atoms with van der Waals surface area (Å²) in [4.78, 5) is 29.4. The van der Waals surface area contributed by atoms with Gasteiger partial charge in [0.1, 0.15) is 0 Å². The van der Waals surface area contributed by atoms with Crippen LogP contribution in [0.25, 0.3) is 17.3 Å². The molecule has 1 aliphatic carbocycles. The number of benzene rings is 1. The molecule has 0 atom stereocenters. The van der Waals surface area contributed by atoms with E-state index in [-0.39, 0.29) is 5.56 Å². The first kappa shape index (κ1) is 16.8. The summed E-state index contributed by atoms with van der Waals surface area (Å²) in [5.74, 6) is -0.645. The van der Waals surface area contributed by atoms with Crippen molar-refractivity contribution in [1.82, 2.24) is 4.73 Å². The van der Waals surface area contributed by atoms with Gasteiger partial charge in [0, 0.05) is 16.7 Å². The number of fused-ring (bicyclic) bond motifs is 1. The number of carboxylic acids is 1. The van der Waals surface area contributed by atoms with E-state index in [1.54, 1.807) is 42.5 Å². The van der Waals surface area contributed by atoms with Crippen LogP contribution in [0.4, 0.5) is 0 Å². The maximum Gasteiger partial charge on any atom is 0.328 e. The van der Waals surface area contributed by atoms with Crippen molar-refractivity contribution in [1.29, 1.82) is 0 Å². The van der Waals surface area contributed by atoms with Crippen molar-refractivity contribution in [2.24, 2.45) is 0 Å². The van der Waals surface area contributed by atoms with Gasteiger partial charge >= 0.3 is 5.97 Å². The Kier molecular flexibility index (Phi) is 4.59. The van der Waals surface area contributed by atoms with Crippen molar-refractivity contribution in [2.45, 2.75) is 6.92 Å². The monoisotopic (exact) mass is 355 g/mol. The van der Waals surface area contributed by atoms with Crippen LogP contribution in [-0.4, -0.2) is 15.8 Å². The fraction of sp³-hybridized carbons (Fsp3) is 0.0526. The highest BCUT2D eigenvalue weighted by molar-refractivity contribution is 6.30. The lowest BCUT2D eigenvalue weighted by molar-refractivity contribution is -0.131. The molecule has 1 heterocycles.